The smallest absolute Gasteiger partial charge is 0.352 e. The normalized spacial score (nSPS) is 11.8. The monoisotopic (exact) mass is 375 g/mol. The van der Waals surface area contributed by atoms with E-state index in [1.165, 1.54) is 0 Å². The summed E-state index contributed by atoms with van der Waals surface area (Å²) in [5.41, 5.74) is 0.330. The average Bonchev–Trinajstić information content (AvgIpc) is 3.06. The third-order valence-corrected chi connectivity index (χ3v) is 4.32. The van der Waals surface area contributed by atoms with Crippen molar-refractivity contribution in [1.29, 1.82) is 0 Å². The third-order valence-electron chi connectivity index (χ3n) is 3.03. The SMILES string of the molecule is O=C(NCCc1nn2c(C(F)(F)F)nnc2s1)c1ccccc1Cl. The lowest BCUT2D eigenvalue weighted by molar-refractivity contribution is -0.146. The first-order valence-electron chi connectivity index (χ1n) is 6.67. The molecule has 1 amide bonds. The Balaban J connectivity index is 1.65. The van der Waals surface area contributed by atoms with Crippen LogP contribution in [0.25, 0.3) is 4.96 Å². The topological polar surface area (TPSA) is 72.2 Å². The number of hydrogen-bond donors (Lipinski definition) is 1. The number of benzene rings is 1. The highest BCUT2D eigenvalue weighted by molar-refractivity contribution is 7.16. The number of rotatable bonds is 4. The van der Waals surface area contributed by atoms with E-state index in [1.807, 2.05) is 0 Å². The second-order valence-electron chi connectivity index (χ2n) is 4.70. The fraction of sp³-hybridized carbons (Fsp3) is 0.231. The summed E-state index contributed by atoms with van der Waals surface area (Å²) >= 11 is 6.90. The van der Waals surface area contributed by atoms with Gasteiger partial charge in [-0.1, -0.05) is 35.1 Å². The molecular weight excluding hydrogens is 367 g/mol. The number of nitrogens with zero attached hydrogens (tertiary/aromatic N) is 4. The van der Waals surface area contributed by atoms with Crippen LogP contribution in [-0.4, -0.2) is 32.3 Å². The van der Waals surface area contributed by atoms with Crippen molar-refractivity contribution in [2.75, 3.05) is 6.54 Å². The van der Waals surface area contributed by atoms with Gasteiger partial charge in [-0.2, -0.15) is 22.8 Å². The molecule has 0 aliphatic heterocycles. The van der Waals surface area contributed by atoms with Crippen LogP contribution in [0.3, 0.4) is 0 Å². The van der Waals surface area contributed by atoms with E-state index in [9.17, 15) is 18.0 Å². The van der Waals surface area contributed by atoms with Crippen molar-refractivity contribution in [2.24, 2.45) is 0 Å². The van der Waals surface area contributed by atoms with E-state index in [4.69, 9.17) is 11.6 Å². The fourth-order valence-electron chi connectivity index (χ4n) is 1.96. The first-order valence-corrected chi connectivity index (χ1v) is 7.87. The zero-order valence-corrected chi connectivity index (χ0v) is 13.4. The number of nitrogens with one attached hydrogen (secondary N) is 1. The molecule has 0 fully saturated rings. The van der Waals surface area contributed by atoms with Crippen molar-refractivity contribution in [1.82, 2.24) is 25.1 Å². The summed E-state index contributed by atoms with van der Waals surface area (Å²) in [5, 5.41) is 13.7. The molecular formula is C13H9ClF3N5OS. The minimum Gasteiger partial charge on any atom is -0.352 e. The van der Waals surface area contributed by atoms with Gasteiger partial charge in [-0.05, 0) is 12.1 Å². The molecule has 0 unspecified atom stereocenters. The van der Waals surface area contributed by atoms with E-state index >= 15 is 0 Å². The molecule has 0 radical (unpaired) electrons. The molecule has 0 aliphatic carbocycles. The van der Waals surface area contributed by atoms with Crippen LogP contribution >= 0.6 is 22.9 Å². The lowest BCUT2D eigenvalue weighted by Gasteiger charge is -2.05. The molecule has 0 saturated heterocycles. The third kappa shape index (κ3) is 3.34. The number of alkyl halides is 3. The molecule has 0 atom stereocenters. The molecule has 24 heavy (non-hydrogen) atoms. The fourth-order valence-corrected chi connectivity index (χ4v) is 3.01. The molecule has 3 rings (SSSR count). The van der Waals surface area contributed by atoms with Gasteiger partial charge in [0.15, 0.2) is 0 Å². The summed E-state index contributed by atoms with van der Waals surface area (Å²) in [6.45, 7) is 0.204. The number of fused-ring (bicyclic) bond motifs is 1. The second-order valence-corrected chi connectivity index (χ2v) is 6.15. The Bertz CT molecular complexity index is 891. The molecule has 0 bridgehead atoms. The molecule has 2 aromatic heterocycles. The lowest BCUT2D eigenvalue weighted by Crippen LogP contribution is -2.26. The standard InChI is InChI=1S/C13H9ClF3N5OS/c14-8-4-2-1-3-7(8)10(23)18-6-5-9-21-22-11(13(15,16)17)19-20-12(22)24-9/h1-4H,5-6H2,(H,18,23). The van der Waals surface area contributed by atoms with Crippen LogP contribution in [0, 0.1) is 0 Å². The van der Waals surface area contributed by atoms with Gasteiger partial charge < -0.3 is 5.32 Å². The summed E-state index contributed by atoms with van der Waals surface area (Å²) in [6.07, 6.45) is -4.36. The predicted octanol–water partition coefficient (Wildman–Crippen LogP) is 2.83. The maximum Gasteiger partial charge on any atom is 0.453 e. The van der Waals surface area contributed by atoms with Gasteiger partial charge in [0.2, 0.25) is 4.96 Å². The van der Waals surface area contributed by atoms with Crippen molar-refractivity contribution in [2.45, 2.75) is 12.6 Å². The number of carbonyl (C=O) groups excluding carboxylic acids is 1. The van der Waals surface area contributed by atoms with E-state index in [-0.39, 0.29) is 23.8 Å². The van der Waals surface area contributed by atoms with Gasteiger partial charge in [-0.25, -0.2) is 0 Å². The summed E-state index contributed by atoms with van der Waals surface area (Å²) in [6, 6.07) is 6.56. The first-order chi connectivity index (χ1) is 11.4. The highest BCUT2D eigenvalue weighted by atomic mass is 35.5. The van der Waals surface area contributed by atoms with Gasteiger partial charge in [0.1, 0.15) is 5.01 Å². The van der Waals surface area contributed by atoms with Gasteiger partial charge in [0.25, 0.3) is 11.7 Å². The Morgan fingerprint density at radius 3 is 2.75 bits per heavy atom. The number of aromatic nitrogens is 4. The summed E-state index contributed by atoms with van der Waals surface area (Å²) in [5.74, 6) is -1.53. The van der Waals surface area contributed by atoms with Crippen molar-refractivity contribution in [3.63, 3.8) is 0 Å². The first kappa shape index (κ1) is 16.7. The van der Waals surface area contributed by atoms with E-state index in [1.54, 1.807) is 24.3 Å². The molecule has 2 heterocycles. The Labute approximate surface area is 142 Å². The van der Waals surface area contributed by atoms with Crippen molar-refractivity contribution >= 4 is 33.8 Å². The maximum absolute atomic E-state index is 12.7. The van der Waals surface area contributed by atoms with Gasteiger partial charge >= 0.3 is 6.18 Å². The summed E-state index contributed by atoms with van der Waals surface area (Å²) in [4.78, 5) is 12.0. The van der Waals surface area contributed by atoms with Crippen LogP contribution < -0.4 is 5.32 Å². The minimum atomic E-state index is -4.62. The van der Waals surface area contributed by atoms with E-state index in [0.717, 1.165) is 11.3 Å². The number of hydrogen-bond acceptors (Lipinski definition) is 5. The molecule has 1 aromatic carbocycles. The molecule has 3 aromatic rings. The van der Waals surface area contributed by atoms with E-state index in [2.05, 4.69) is 20.6 Å². The molecule has 11 heteroatoms. The molecule has 1 N–H and O–H groups in total. The van der Waals surface area contributed by atoms with Gasteiger partial charge in [-0.3, -0.25) is 4.79 Å². The highest BCUT2D eigenvalue weighted by Crippen LogP contribution is 2.28. The number of halogens is 4. The lowest BCUT2D eigenvalue weighted by atomic mass is 10.2. The highest BCUT2D eigenvalue weighted by Gasteiger charge is 2.38. The van der Waals surface area contributed by atoms with E-state index in [0.29, 0.717) is 20.1 Å². The number of amides is 1. The minimum absolute atomic E-state index is 0.0507. The zero-order chi connectivity index (χ0) is 17.3. The van der Waals surface area contributed by atoms with Gasteiger partial charge in [0, 0.05) is 13.0 Å². The largest absolute Gasteiger partial charge is 0.453 e. The van der Waals surface area contributed by atoms with Crippen LogP contribution in [0.15, 0.2) is 24.3 Å². The molecule has 0 saturated carbocycles. The zero-order valence-electron chi connectivity index (χ0n) is 11.8. The predicted molar refractivity (Wildman–Crippen MR) is 81.2 cm³/mol. The van der Waals surface area contributed by atoms with Gasteiger partial charge in [0.05, 0.1) is 10.6 Å². The Morgan fingerprint density at radius 2 is 2.04 bits per heavy atom. The van der Waals surface area contributed by atoms with Crippen LogP contribution in [0.1, 0.15) is 21.2 Å². The quantitative estimate of drug-likeness (QED) is 0.761. The van der Waals surface area contributed by atoms with Gasteiger partial charge in [-0.15, -0.1) is 10.2 Å². The Kier molecular flexibility index (Phi) is 4.41. The Morgan fingerprint density at radius 1 is 1.29 bits per heavy atom. The molecule has 126 valence electrons. The van der Waals surface area contributed by atoms with Crippen LogP contribution in [-0.2, 0) is 12.6 Å². The Hall–Kier alpha value is -2.20. The maximum atomic E-state index is 12.7. The molecule has 0 spiro atoms. The van der Waals surface area contributed by atoms with Crippen LogP contribution in [0.5, 0.6) is 0 Å². The second kappa shape index (κ2) is 6.36. The number of carbonyl (C=O) groups is 1. The summed E-state index contributed by atoms with van der Waals surface area (Å²) in [7, 11) is 0. The van der Waals surface area contributed by atoms with Crippen molar-refractivity contribution in [3.05, 3.63) is 45.7 Å². The van der Waals surface area contributed by atoms with Crippen molar-refractivity contribution in [3.8, 4) is 0 Å². The summed E-state index contributed by atoms with van der Waals surface area (Å²) < 4.78 is 38.8. The van der Waals surface area contributed by atoms with Crippen LogP contribution in [0.4, 0.5) is 13.2 Å². The molecule has 0 aliphatic rings. The molecule has 6 nitrogen and oxygen atoms in total. The van der Waals surface area contributed by atoms with E-state index < -0.39 is 12.0 Å². The van der Waals surface area contributed by atoms with Crippen molar-refractivity contribution < 1.29 is 18.0 Å². The van der Waals surface area contributed by atoms with Crippen LogP contribution in [0.2, 0.25) is 5.02 Å². The average molecular weight is 376 g/mol.